The summed E-state index contributed by atoms with van der Waals surface area (Å²) in [6.45, 7) is 0.228. The minimum absolute atomic E-state index is 0.107. The van der Waals surface area contributed by atoms with Gasteiger partial charge in [-0.25, -0.2) is 9.59 Å². The van der Waals surface area contributed by atoms with Gasteiger partial charge in [-0.15, -0.1) is 0 Å². The van der Waals surface area contributed by atoms with Crippen molar-refractivity contribution in [1.29, 1.82) is 5.26 Å². The van der Waals surface area contributed by atoms with Gasteiger partial charge >= 0.3 is 12.1 Å². The van der Waals surface area contributed by atoms with E-state index >= 15 is 0 Å². The molecule has 1 atom stereocenters. The van der Waals surface area contributed by atoms with E-state index in [1.807, 2.05) is 0 Å². The minimum atomic E-state index is -0.674. The van der Waals surface area contributed by atoms with Gasteiger partial charge in [0.15, 0.2) is 6.61 Å². The van der Waals surface area contributed by atoms with Crippen LogP contribution in [-0.4, -0.2) is 36.2 Å². The average molecular weight is 303 g/mol. The highest BCUT2D eigenvalue weighted by Crippen LogP contribution is 2.20. The third-order valence-electron chi connectivity index (χ3n) is 3.38. The number of carbonyl (C=O) groups excluding carboxylic acids is 2. The van der Waals surface area contributed by atoms with Crippen LogP contribution >= 0.6 is 0 Å². The first-order valence-electron chi connectivity index (χ1n) is 6.93. The SMILES string of the molecule is N#CCOC(=O)C1CCCN1C(=O)OCc1ccc(N)cc1. The number of ether oxygens (including phenoxy) is 2. The van der Waals surface area contributed by atoms with Crippen LogP contribution in [0.2, 0.25) is 0 Å². The summed E-state index contributed by atoms with van der Waals surface area (Å²) in [7, 11) is 0. The number of amides is 1. The van der Waals surface area contributed by atoms with Crippen molar-refractivity contribution in [3.63, 3.8) is 0 Å². The van der Waals surface area contributed by atoms with Crippen LogP contribution < -0.4 is 5.73 Å². The topological polar surface area (TPSA) is 106 Å². The predicted molar refractivity (Wildman–Crippen MR) is 77.3 cm³/mol. The number of hydrogen-bond donors (Lipinski definition) is 1. The summed E-state index contributed by atoms with van der Waals surface area (Å²) in [6.07, 6.45) is 0.651. The Bertz CT molecular complexity index is 579. The highest BCUT2D eigenvalue weighted by molar-refractivity contribution is 5.82. The first kappa shape index (κ1) is 15.6. The molecule has 0 spiro atoms. The number of carbonyl (C=O) groups is 2. The molecule has 2 N–H and O–H groups in total. The summed E-state index contributed by atoms with van der Waals surface area (Å²) in [5.74, 6) is -0.566. The number of nitrogen functional groups attached to an aromatic ring is 1. The number of esters is 1. The Morgan fingerprint density at radius 2 is 2.05 bits per heavy atom. The molecule has 1 aromatic carbocycles. The van der Waals surface area contributed by atoms with Crippen molar-refractivity contribution in [2.45, 2.75) is 25.5 Å². The molecule has 2 rings (SSSR count). The Morgan fingerprint density at radius 1 is 1.32 bits per heavy atom. The molecule has 1 heterocycles. The summed E-state index contributed by atoms with van der Waals surface area (Å²) in [6, 6.07) is 8.04. The van der Waals surface area contributed by atoms with Crippen molar-refractivity contribution < 1.29 is 19.1 Å². The van der Waals surface area contributed by atoms with E-state index in [2.05, 4.69) is 0 Å². The molecule has 1 unspecified atom stereocenters. The number of nitrogens with zero attached hydrogens (tertiary/aromatic N) is 2. The van der Waals surface area contributed by atoms with E-state index < -0.39 is 18.1 Å². The normalized spacial score (nSPS) is 16.9. The predicted octanol–water partition coefficient (Wildman–Crippen LogP) is 1.44. The van der Waals surface area contributed by atoms with Gasteiger partial charge < -0.3 is 15.2 Å². The summed E-state index contributed by atoms with van der Waals surface area (Å²) < 4.78 is 9.98. The number of rotatable bonds is 4. The lowest BCUT2D eigenvalue weighted by molar-refractivity contribution is -0.147. The zero-order chi connectivity index (χ0) is 15.9. The van der Waals surface area contributed by atoms with Crippen LogP contribution in [0.4, 0.5) is 10.5 Å². The fourth-order valence-corrected chi connectivity index (χ4v) is 2.27. The fourth-order valence-electron chi connectivity index (χ4n) is 2.27. The Labute approximate surface area is 128 Å². The summed E-state index contributed by atoms with van der Waals surface area (Å²) in [4.78, 5) is 25.2. The zero-order valence-corrected chi connectivity index (χ0v) is 12.0. The Kier molecular flexibility index (Phi) is 5.20. The second-order valence-electron chi connectivity index (χ2n) is 4.91. The summed E-state index contributed by atoms with van der Waals surface area (Å²) in [5.41, 5.74) is 7.03. The first-order chi connectivity index (χ1) is 10.6. The van der Waals surface area contributed by atoms with Crippen LogP contribution in [-0.2, 0) is 20.9 Å². The van der Waals surface area contributed by atoms with Crippen LogP contribution in [0.1, 0.15) is 18.4 Å². The van der Waals surface area contributed by atoms with Gasteiger partial charge in [-0.1, -0.05) is 12.1 Å². The molecule has 7 heteroatoms. The number of nitriles is 1. The van der Waals surface area contributed by atoms with Gasteiger partial charge in [-0.3, -0.25) is 4.90 Å². The number of likely N-dealkylation sites (tertiary alicyclic amines) is 1. The molecule has 1 amide bonds. The molecule has 0 aromatic heterocycles. The van der Waals surface area contributed by atoms with Crippen molar-refractivity contribution in [2.24, 2.45) is 0 Å². The summed E-state index contributed by atoms with van der Waals surface area (Å²) >= 11 is 0. The Morgan fingerprint density at radius 3 is 2.73 bits per heavy atom. The van der Waals surface area contributed by atoms with E-state index in [1.165, 1.54) is 4.90 Å². The molecule has 22 heavy (non-hydrogen) atoms. The molecule has 0 saturated carbocycles. The second kappa shape index (κ2) is 7.31. The van der Waals surface area contributed by atoms with E-state index in [0.29, 0.717) is 25.1 Å². The molecule has 7 nitrogen and oxygen atoms in total. The number of anilines is 1. The monoisotopic (exact) mass is 303 g/mol. The van der Waals surface area contributed by atoms with Gasteiger partial charge in [0.2, 0.25) is 0 Å². The lowest BCUT2D eigenvalue weighted by Crippen LogP contribution is -2.41. The highest BCUT2D eigenvalue weighted by atomic mass is 16.6. The Hall–Kier alpha value is -2.75. The Balaban J connectivity index is 1.89. The number of nitrogens with two attached hydrogens (primary N) is 1. The van der Waals surface area contributed by atoms with E-state index in [0.717, 1.165) is 5.56 Å². The van der Waals surface area contributed by atoms with Crippen molar-refractivity contribution in [1.82, 2.24) is 4.90 Å². The lowest BCUT2D eigenvalue weighted by atomic mass is 10.2. The number of hydrogen-bond acceptors (Lipinski definition) is 6. The molecule has 1 fully saturated rings. The second-order valence-corrected chi connectivity index (χ2v) is 4.91. The van der Waals surface area contributed by atoms with Crippen LogP contribution in [0.25, 0.3) is 0 Å². The maximum absolute atomic E-state index is 12.1. The van der Waals surface area contributed by atoms with E-state index in [1.54, 1.807) is 30.3 Å². The summed E-state index contributed by atoms with van der Waals surface area (Å²) in [5, 5.41) is 8.42. The van der Waals surface area contributed by atoms with Crippen molar-refractivity contribution in [2.75, 3.05) is 18.9 Å². The van der Waals surface area contributed by atoms with Gasteiger partial charge in [0, 0.05) is 12.2 Å². The first-order valence-corrected chi connectivity index (χ1v) is 6.93. The zero-order valence-electron chi connectivity index (χ0n) is 12.0. The van der Waals surface area contributed by atoms with Crippen molar-refractivity contribution in [3.05, 3.63) is 29.8 Å². The molecule has 0 bridgehead atoms. The van der Waals surface area contributed by atoms with E-state index in [4.69, 9.17) is 20.5 Å². The third-order valence-corrected chi connectivity index (χ3v) is 3.38. The van der Waals surface area contributed by atoms with Crippen LogP contribution in [0.15, 0.2) is 24.3 Å². The fraction of sp³-hybridized carbons (Fsp3) is 0.400. The molecule has 1 saturated heterocycles. The average Bonchev–Trinajstić information content (AvgIpc) is 3.01. The molecular formula is C15H17N3O4. The highest BCUT2D eigenvalue weighted by Gasteiger charge is 2.36. The molecule has 0 aliphatic carbocycles. The molecule has 0 radical (unpaired) electrons. The molecule has 1 aliphatic rings. The van der Waals surface area contributed by atoms with Gasteiger partial charge in [-0.2, -0.15) is 5.26 Å². The maximum Gasteiger partial charge on any atom is 0.410 e. The minimum Gasteiger partial charge on any atom is -0.449 e. The van der Waals surface area contributed by atoms with Gasteiger partial charge in [0.25, 0.3) is 0 Å². The molecule has 1 aliphatic heterocycles. The van der Waals surface area contributed by atoms with E-state index in [-0.39, 0.29) is 13.2 Å². The smallest absolute Gasteiger partial charge is 0.410 e. The quantitative estimate of drug-likeness (QED) is 0.666. The molecule has 116 valence electrons. The largest absolute Gasteiger partial charge is 0.449 e. The maximum atomic E-state index is 12.1. The number of benzene rings is 1. The van der Waals surface area contributed by atoms with Crippen molar-refractivity contribution in [3.8, 4) is 6.07 Å². The van der Waals surface area contributed by atoms with Crippen LogP contribution in [0.3, 0.4) is 0 Å². The molecular weight excluding hydrogens is 286 g/mol. The van der Waals surface area contributed by atoms with Crippen LogP contribution in [0, 0.1) is 11.3 Å². The van der Waals surface area contributed by atoms with Crippen molar-refractivity contribution >= 4 is 17.7 Å². The third kappa shape index (κ3) is 3.88. The van der Waals surface area contributed by atoms with Gasteiger partial charge in [-0.05, 0) is 30.5 Å². The standard InChI is InChI=1S/C15H17N3O4/c16-7-9-21-14(19)13-2-1-8-18(13)15(20)22-10-11-3-5-12(17)6-4-11/h3-6,13H,1-2,8-10,17H2. The van der Waals surface area contributed by atoms with Gasteiger partial charge in [0.05, 0.1) is 0 Å². The molecule has 1 aromatic rings. The van der Waals surface area contributed by atoms with E-state index in [9.17, 15) is 9.59 Å². The van der Waals surface area contributed by atoms with Crippen LogP contribution in [0.5, 0.6) is 0 Å². The van der Waals surface area contributed by atoms with Gasteiger partial charge in [0.1, 0.15) is 18.7 Å². The lowest BCUT2D eigenvalue weighted by Gasteiger charge is -2.22.